The van der Waals surface area contributed by atoms with E-state index in [4.69, 9.17) is 4.74 Å². The van der Waals surface area contributed by atoms with E-state index in [9.17, 15) is 4.79 Å². The van der Waals surface area contributed by atoms with Crippen molar-refractivity contribution < 1.29 is 9.53 Å². The van der Waals surface area contributed by atoms with Crippen molar-refractivity contribution in [3.05, 3.63) is 0 Å². The van der Waals surface area contributed by atoms with Crippen LogP contribution in [-0.2, 0) is 9.53 Å². The molecule has 2 aliphatic heterocycles. The Morgan fingerprint density at radius 2 is 2.25 bits per heavy atom. The molecule has 0 bridgehead atoms. The van der Waals surface area contributed by atoms with E-state index in [1.807, 2.05) is 4.90 Å². The molecule has 0 radical (unpaired) electrons. The van der Waals surface area contributed by atoms with Crippen LogP contribution in [0.4, 0.5) is 0 Å². The van der Waals surface area contributed by atoms with Crippen LogP contribution in [0.2, 0.25) is 0 Å². The average Bonchev–Trinajstić information content (AvgIpc) is 2.58. The van der Waals surface area contributed by atoms with Crippen LogP contribution in [0, 0.1) is 5.41 Å². The quantitative estimate of drug-likeness (QED) is 0.713. The van der Waals surface area contributed by atoms with Crippen LogP contribution in [0.25, 0.3) is 0 Å². The van der Waals surface area contributed by atoms with Crippen LogP contribution in [0.15, 0.2) is 0 Å². The summed E-state index contributed by atoms with van der Waals surface area (Å²) in [5.74, 6) is 0.132. The van der Waals surface area contributed by atoms with Crippen LogP contribution in [0.5, 0.6) is 0 Å². The Hall–Kier alpha value is -0.610. The summed E-state index contributed by atoms with van der Waals surface area (Å²) >= 11 is 0. The molecule has 0 aliphatic carbocycles. The van der Waals surface area contributed by atoms with Gasteiger partial charge < -0.3 is 15.0 Å². The second-order valence-corrected chi connectivity index (χ2v) is 6.21. The molecule has 16 heavy (non-hydrogen) atoms. The lowest BCUT2D eigenvalue weighted by atomic mass is 9.93. The molecule has 2 fully saturated rings. The lowest BCUT2D eigenvalue weighted by Gasteiger charge is -2.42. The highest BCUT2D eigenvalue weighted by molar-refractivity contribution is 5.78. The van der Waals surface area contributed by atoms with Gasteiger partial charge in [-0.1, -0.05) is 20.8 Å². The Morgan fingerprint density at radius 1 is 1.50 bits per heavy atom. The largest absolute Gasteiger partial charge is 0.362 e. The number of nitrogens with one attached hydrogen (secondary N) is 1. The smallest absolute Gasteiger partial charge is 0.248 e. The van der Waals surface area contributed by atoms with E-state index in [1.54, 1.807) is 0 Å². The SMILES string of the molecule is CC(C)(C)CN1CC2(CCNC2)OCC1=O. The molecule has 4 heteroatoms. The number of morpholine rings is 1. The molecule has 2 heterocycles. The van der Waals surface area contributed by atoms with E-state index in [0.29, 0.717) is 0 Å². The maximum absolute atomic E-state index is 11.8. The summed E-state index contributed by atoms with van der Waals surface area (Å²) in [7, 11) is 0. The Morgan fingerprint density at radius 3 is 2.81 bits per heavy atom. The van der Waals surface area contributed by atoms with Gasteiger partial charge in [-0.15, -0.1) is 0 Å². The zero-order valence-corrected chi connectivity index (χ0v) is 10.5. The topological polar surface area (TPSA) is 41.6 Å². The van der Waals surface area contributed by atoms with Gasteiger partial charge in [0, 0.05) is 13.1 Å². The van der Waals surface area contributed by atoms with Crippen molar-refractivity contribution in [2.45, 2.75) is 32.8 Å². The Kier molecular flexibility index (Phi) is 2.97. The van der Waals surface area contributed by atoms with Crippen LogP contribution in [0.1, 0.15) is 27.2 Å². The Labute approximate surface area is 97.3 Å². The summed E-state index contributed by atoms with van der Waals surface area (Å²) < 4.78 is 5.73. The minimum atomic E-state index is -0.112. The number of carbonyl (C=O) groups excluding carboxylic acids is 1. The van der Waals surface area contributed by atoms with Crippen LogP contribution in [-0.4, -0.2) is 49.2 Å². The molecule has 0 aromatic rings. The second kappa shape index (κ2) is 4.00. The first kappa shape index (κ1) is 11.9. The Balaban J connectivity index is 2.03. The summed E-state index contributed by atoms with van der Waals surface area (Å²) in [6.45, 7) is 10.2. The standard InChI is InChI=1S/C12H22N2O2/c1-11(2,3)8-14-9-12(4-5-13-7-12)16-6-10(14)15/h13H,4-9H2,1-3H3. The van der Waals surface area contributed by atoms with E-state index >= 15 is 0 Å². The van der Waals surface area contributed by atoms with Crippen molar-refractivity contribution in [2.75, 3.05) is 32.8 Å². The number of rotatable bonds is 1. The molecule has 1 spiro atoms. The lowest BCUT2D eigenvalue weighted by Crippen LogP contribution is -2.57. The predicted molar refractivity (Wildman–Crippen MR) is 62.2 cm³/mol. The minimum absolute atomic E-state index is 0.112. The zero-order chi connectivity index (χ0) is 11.8. The van der Waals surface area contributed by atoms with Gasteiger partial charge in [-0.05, 0) is 18.4 Å². The molecule has 2 aliphatic rings. The molecular formula is C12H22N2O2. The van der Waals surface area contributed by atoms with Crippen molar-refractivity contribution in [1.29, 1.82) is 0 Å². The second-order valence-electron chi connectivity index (χ2n) is 6.21. The molecule has 0 saturated carbocycles. The van der Waals surface area contributed by atoms with E-state index < -0.39 is 0 Å². The van der Waals surface area contributed by atoms with Crippen molar-refractivity contribution in [3.63, 3.8) is 0 Å². The van der Waals surface area contributed by atoms with Crippen LogP contribution in [0.3, 0.4) is 0 Å². The van der Waals surface area contributed by atoms with Crippen molar-refractivity contribution >= 4 is 5.91 Å². The van der Waals surface area contributed by atoms with Gasteiger partial charge in [0.2, 0.25) is 5.91 Å². The summed E-state index contributed by atoms with van der Waals surface area (Å²) in [6, 6.07) is 0. The van der Waals surface area contributed by atoms with E-state index in [-0.39, 0.29) is 23.5 Å². The highest BCUT2D eigenvalue weighted by Gasteiger charge is 2.42. The maximum atomic E-state index is 11.8. The number of ether oxygens (including phenoxy) is 1. The third-order valence-electron chi connectivity index (χ3n) is 3.20. The van der Waals surface area contributed by atoms with E-state index in [1.165, 1.54) is 0 Å². The molecule has 1 amide bonds. The third kappa shape index (κ3) is 2.55. The number of nitrogens with zero attached hydrogens (tertiary/aromatic N) is 1. The fourth-order valence-electron chi connectivity index (χ4n) is 2.48. The minimum Gasteiger partial charge on any atom is -0.362 e. The summed E-state index contributed by atoms with van der Waals surface area (Å²) in [5.41, 5.74) is 0.0411. The van der Waals surface area contributed by atoms with Crippen molar-refractivity contribution in [2.24, 2.45) is 5.41 Å². The van der Waals surface area contributed by atoms with Gasteiger partial charge in [-0.3, -0.25) is 4.79 Å². The van der Waals surface area contributed by atoms with Crippen LogP contribution < -0.4 is 5.32 Å². The molecule has 2 saturated heterocycles. The molecule has 92 valence electrons. The van der Waals surface area contributed by atoms with E-state index in [2.05, 4.69) is 26.1 Å². The summed E-state index contributed by atoms with van der Waals surface area (Å²) in [4.78, 5) is 13.8. The third-order valence-corrected chi connectivity index (χ3v) is 3.20. The van der Waals surface area contributed by atoms with Crippen molar-refractivity contribution in [3.8, 4) is 0 Å². The van der Waals surface area contributed by atoms with Crippen molar-refractivity contribution in [1.82, 2.24) is 10.2 Å². The number of hydrogen-bond donors (Lipinski definition) is 1. The highest BCUT2D eigenvalue weighted by Crippen LogP contribution is 2.27. The normalized spacial score (nSPS) is 31.4. The zero-order valence-electron chi connectivity index (χ0n) is 10.5. The monoisotopic (exact) mass is 226 g/mol. The lowest BCUT2D eigenvalue weighted by molar-refractivity contribution is -0.162. The summed E-state index contributed by atoms with van der Waals surface area (Å²) in [6.07, 6.45) is 1.01. The first-order chi connectivity index (χ1) is 7.40. The number of carbonyl (C=O) groups is 1. The molecule has 1 N–H and O–H groups in total. The number of amides is 1. The molecule has 1 atom stereocenters. The van der Waals surface area contributed by atoms with Gasteiger partial charge in [0.05, 0.1) is 12.1 Å². The molecule has 4 nitrogen and oxygen atoms in total. The van der Waals surface area contributed by atoms with Crippen LogP contribution >= 0.6 is 0 Å². The fourth-order valence-corrected chi connectivity index (χ4v) is 2.48. The molecule has 0 aromatic heterocycles. The Bertz CT molecular complexity index is 277. The van der Waals surface area contributed by atoms with Gasteiger partial charge in [0.25, 0.3) is 0 Å². The summed E-state index contributed by atoms with van der Waals surface area (Å²) in [5, 5.41) is 3.32. The first-order valence-corrected chi connectivity index (χ1v) is 6.03. The number of hydrogen-bond acceptors (Lipinski definition) is 3. The molecule has 2 rings (SSSR count). The van der Waals surface area contributed by atoms with Gasteiger partial charge in [0.1, 0.15) is 6.61 Å². The van der Waals surface area contributed by atoms with Gasteiger partial charge in [-0.2, -0.15) is 0 Å². The first-order valence-electron chi connectivity index (χ1n) is 6.03. The highest BCUT2D eigenvalue weighted by atomic mass is 16.5. The molecule has 1 unspecified atom stereocenters. The maximum Gasteiger partial charge on any atom is 0.248 e. The predicted octanol–water partition coefficient (Wildman–Crippen LogP) is 0.623. The van der Waals surface area contributed by atoms with E-state index in [0.717, 1.165) is 32.6 Å². The van der Waals surface area contributed by atoms with Gasteiger partial charge >= 0.3 is 0 Å². The molecule has 0 aromatic carbocycles. The fraction of sp³-hybridized carbons (Fsp3) is 0.917. The molecular weight excluding hydrogens is 204 g/mol. The van der Waals surface area contributed by atoms with Gasteiger partial charge in [0.15, 0.2) is 0 Å². The average molecular weight is 226 g/mol. The van der Waals surface area contributed by atoms with Gasteiger partial charge in [-0.25, -0.2) is 0 Å².